The van der Waals surface area contributed by atoms with Gasteiger partial charge in [-0.05, 0) is 43.2 Å². The van der Waals surface area contributed by atoms with Crippen molar-refractivity contribution in [2.45, 2.75) is 25.2 Å². The number of nitrogens with zero attached hydrogens (tertiary/aromatic N) is 2. The van der Waals surface area contributed by atoms with E-state index in [9.17, 15) is 18.4 Å². The van der Waals surface area contributed by atoms with Gasteiger partial charge in [-0.1, -0.05) is 12.1 Å². The third-order valence-corrected chi connectivity index (χ3v) is 5.36. The van der Waals surface area contributed by atoms with Crippen LogP contribution in [0.5, 0.6) is 0 Å². The number of halogens is 2. The van der Waals surface area contributed by atoms with Crippen LogP contribution in [0.15, 0.2) is 42.5 Å². The molecule has 1 atom stereocenters. The first-order valence-corrected chi connectivity index (χ1v) is 9.18. The zero-order valence-corrected chi connectivity index (χ0v) is 14.8. The van der Waals surface area contributed by atoms with Crippen molar-refractivity contribution >= 4 is 17.5 Å². The third-order valence-electron chi connectivity index (χ3n) is 5.36. The van der Waals surface area contributed by atoms with Gasteiger partial charge in [-0.25, -0.2) is 8.78 Å². The van der Waals surface area contributed by atoms with E-state index < -0.39 is 11.6 Å². The van der Waals surface area contributed by atoms with E-state index in [1.54, 1.807) is 28.0 Å². The van der Waals surface area contributed by atoms with Gasteiger partial charge in [-0.3, -0.25) is 9.59 Å². The molecule has 6 heteroatoms. The van der Waals surface area contributed by atoms with Gasteiger partial charge in [-0.2, -0.15) is 0 Å². The average Bonchev–Trinajstić information content (AvgIpc) is 3.30. The number of rotatable bonds is 3. The normalized spacial score (nSPS) is 19.8. The first kappa shape index (κ1) is 17.6. The fraction of sp³-hybridized carbons (Fsp3) is 0.333. The molecule has 1 unspecified atom stereocenters. The minimum absolute atomic E-state index is 0.0595. The van der Waals surface area contributed by atoms with Gasteiger partial charge in [0, 0.05) is 48.8 Å². The Hall–Kier alpha value is -2.76. The molecule has 0 aliphatic carbocycles. The van der Waals surface area contributed by atoms with Crippen molar-refractivity contribution in [3.8, 4) is 0 Å². The molecule has 2 fully saturated rings. The molecule has 0 aromatic heterocycles. The molecule has 2 saturated heterocycles. The summed E-state index contributed by atoms with van der Waals surface area (Å²) in [5.74, 6) is -1.59. The predicted molar refractivity (Wildman–Crippen MR) is 97.6 cm³/mol. The van der Waals surface area contributed by atoms with Gasteiger partial charge in [0.2, 0.25) is 5.91 Å². The highest BCUT2D eigenvalue weighted by molar-refractivity contribution is 5.99. The van der Waals surface area contributed by atoms with Gasteiger partial charge in [0.25, 0.3) is 5.91 Å². The largest absolute Gasteiger partial charge is 0.338 e. The molecule has 4 rings (SSSR count). The number of anilines is 1. The molecule has 140 valence electrons. The number of hydrogen-bond acceptors (Lipinski definition) is 2. The molecule has 27 heavy (non-hydrogen) atoms. The number of amides is 2. The maximum absolute atomic E-state index is 14.0. The summed E-state index contributed by atoms with van der Waals surface area (Å²) >= 11 is 0. The Labute approximate surface area is 156 Å². The Morgan fingerprint density at radius 2 is 1.78 bits per heavy atom. The smallest absolute Gasteiger partial charge is 0.253 e. The van der Waals surface area contributed by atoms with Crippen LogP contribution in [0.2, 0.25) is 0 Å². The number of hydrogen-bond donors (Lipinski definition) is 0. The number of likely N-dealkylation sites (tertiary alicyclic amines) is 1. The fourth-order valence-electron chi connectivity index (χ4n) is 3.99. The standard InChI is InChI=1S/C21H20F2N2O2/c22-17-6-2-7-18(23)20(17)15-9-11-24(13-15)21(27)14-4-1-5-16(12-14)25-10-3-8-19(25)26/h1-2,4-7,12,15H,3,8-11,13H2. The molecule has 2 aromatic carbocycles. The van der Waals surface area contributed by atoms with E-state index in [-0.39, 0.29) is 29.8 Å². The maximum Gasteiger partial charge on any atom is 0.253 e. The van der Waals surface area contributed by atoms with E-state index >= 15 is 0 Å². The number of carbonyl (C=O) groups is 2. The minimum Gasteiger partial charge on any atom is -0.338 e. The lowest BCUT2D eigenvalue weighted by Crippen LogP contribution is -2.29. The molecule has 2 amide bonds. The van der Waals surface area contributed by atoms with E-state index in [1.165, 1.54) is 18.2 Å². The number of benzene rings is 2. The van der Waals surface area contributed by atoms with Gasteiger partial charge in [0.1, 0.15) is 11.6 Å². The Morgan fingerprint density at radius 1 is 1.04 bits per heavy atom. The fourth-order valence-corrected chi connectivity index (χ4v) is 3.99. The average molecular weight is 370 g/mol. The van der Waals surface area contributed by atoms with E-state index in [2.05, 4.69) is 0 Å². The van der Waals surface area contributed by atoms with Crippen molar-refractivity contribution < 1.29 is 18.4 Å². The van der Waals surface area contributed by atoms with Gasteiger partial charge >= 0.3 is 0 Å². The highest BCUT2D eigenvalue weighted by Crippen LogP contribution is 2.32. The molecule has 2 aromatic rings. The topological polar surface area (TPSA) is 40.6 Å². The van der Waals surface area contributed by atoms with Crippen molar-refractivity contribution in [1.82, 2.24) is 4.90 Å². The Kier molecular flexibility index (Phi) is 4.64. The molecule has 0 N–H and O–H groups in total. The maximum atomic E-state index is 14.0. The summed E-state index contributed by atoms with van der Waals surface area (Å²) in [4.78, 5) is 28.1. The molecule has 0 saturated carbocycles. The first-order valence-electron chi connectivity index (χ1n) is 9.18. The van der Waals surface area contributed by atoms with Crippen molar-refractivity contribution in [3.63, 3.8) is 0 Å². The lowest BCUT2D eigenvalue weighted by atomic mass is 9.97. The van der Waals surface area contributed by atoms with E-state index in [0.717, 1.165) is 12.1 Å². The van der Waals surface area contributed by atoms with Gasteiger partial charge in [0.15, 0.2) is 0 Å². The summed E-state index contributed by atoms with van der Waals surface area (Å²) in [5.41, 5.74) is 1.27. The second-order valence-electron chi connectivity index (χ2n) is 7.07. The zero-order valence-electron chi connectivity index (χ0n) is 14.8. The first-order chi connectivity index (χ1) is 13.0. The molecule has 2 aliphatic heterocycles. The van der Waals surface area contributed by atoms with Crippen molar-refractivity contribution in [3.05, 3.63) is 65.2 Å². The minimum atomic E-state index is -0.566. The van der Waals surface area contributed by atoms with Gasteiger partial charge in [0.05, 0.1) is 0 Å². The third kappa shape index (κ3) is 3.31. The molecule has 2 heterocycles. The molecule has 0 radical (unpaired) electrons. The van der Waals surface area contributed by atoms with Crippen molar-refractivity contribution in [1.29, 1.82) is 0 Å². The Balaban J connectivity index is 1.52. The quantitative estimate of drug-likeness (QED) is 0.826. The SMILES string of the molecule is O=C(c1cccc(N2CCCC2=O)c1)N1CCC(c2c(F)cccc2F)C1. The highest BCUT2D eigenvalue weighted by atomic mass is 19.1. The molecule has 0 bridgehead atoms. The second kappa shape index (κ2) is 7.10. The predicted octanol–water partition coefficient (Wildman–Crippen LogP) is 3.72. The van der Waals surface area contributed by atoms with Crippen LogP contribution < -0.4 is 4.90 Å². The molecular formula is C21H20F2N2O2. The van der Waals surface area contributed by atoms with Crippen LogP contribution in [-0.4, -0.2) is 36.3 Å². The Bertz CT molecular complexity index is 879. The molecular weight excluding hydrogens is 350 g/mol. The van der Waals surface area contributed by atoms with E-state index in [0.29, 0.717) is 31.5 Å². The van der Waals surface area contributed by atoms with Crippen LogP contribution in [0.1, 0.15) is 41.1 Å². The molecule has 4 nitrogen and oxygen atoms in total. The number of carbonyl (C=O) groups excluding carboxylic acids is 2. The van der Waals surface area contributed by atoms with Crippen LogP contribution in [0.4, 0.5) is 14.5 Å². The summed E-state index contributed by atoms with van der Waals surface area (Å²) in [6, 6.07) is 10.9. The monoisotopic (exact) mass is 370 g/mol. The zero-order chi connectivity index (χ0) is 19.0. The molecule has 2 aliphatic rings. The van der Waals surface area contributed by atoms with Crippen LogP contribution in [-0.2, 0) is 4.79 Å². The van der Waals surface area contributed by atoms with Crippen molar-refractivity contribution in [2.24, 2.45) is 0 Å². The second-order valence-corrected chi connectivity index (χ2v) is 7.07. The van der Waals surface area contributed by atoms with E-state index in [4.69, 9.17) is 0 Å². The highest BCUT2D eigenvalue weighted by Gasteiger charge is 2.31. The lowest BCUT2D eigenvalue weighted by Gasteiger charge is -2.20. The summed E-state index contributed by atoms with van der Waals surface area (Å²) in [5, 5.41) is 0. The van der Waals surface area contributed by atoms with Crippen LogP contribution in [0.25, 0.3) is 0 Å². The van der Waals surface area contributed by atoms with Gasteiger partial charge in [-0.15, -0.1) is 0 Å². The summed E-state index contributed by atoms with van der Waals surface area (Å²) in [6.07, 6.45) is 1.87. The molecule has 0 spiro atoms. The van der Waals surface area contributed by atoms with Crippen LogP contribution >= 0.6 is 0 Å². The van der Waals surface area contributed by atoms with E-state index in [1.807, 2.05) is 6.07 Å². The summed E-state index contributed by atoms with van der Waals surface area (Å²) in [6.45, 7) is 1.39. The summed E-state index contributed by atoms with van der Waals surface area (Å²) in [7, 11) is 0. The summed E-state index contributed by atoms with van der Waals surface area (Å²) < 4.78 is 28.1. The van der Waals surface area contributed by atoms with Crippen LogP contribution in [0.3, 0.4) is 0 Å². The van der Waals surface area contributed by atoms with Crippen molar-refractivity contribution in [2.75, 3.05) is 24.5 Å². The van der Waals surface area contributed by atoms with Crippen LogP contribution in [0, 0.1) is 11.6 Å². The lowest BCUT2D eigenvalue weighted by molar-refractivity contribution is -0.117. The van der Waals surface area contributed by atoms with Gasteiger partial charge < -0.3 is 9.80 Å². The Morgan fingerprint density at radius 3 is 2.48 bits per heavy atom.